The molecule has 0 heterocycles. The van der Waals surface area contributed by atoms with Crippen molar-refractivity contribution in [3.8, 4) is 17.2 Å². The Morgan fingerprint density at radius 1 is 1.00 bits per heavy atom. The first kappa shape index (κ1) is 13.4. The summed E-state index contributed by atoms with van der Waals surface area (Å²) < 4.78 is 11.3. The summed E-state index contributed by atoms with van der Waals surface area (Å²) in [6, 6.07) is 15.4. The van der Waals surface area contributed by atoms with Gasteiger partial charge in [-0.15, -0.1) is 0 Å². The lowest BCUT2D eigenvalue weighted by atomic mass is 10.1. The van der Waals surface area contributed by atoms with Gasteiger partial charge in [0.2, 0.25) is 0 Å². The van der Waals surface area contributed by atoms with E-state index in [1.165, 1.54) is 0 Å². The van der Waals surface area contributed by atoms with Crippen LogP contribution in [0, 0.1) is 0 Å². The van der Waals surface area contributed by atoms with Gasteiger partial charge in [0.25, 0.3) is 0 Å². The minimum absolute atomic E-state index is 0.00157. The van der Waals surface area contributed by atoms with Gasteiger partial charge in [-0.05, 0) is 43.7 Å². The highest BCUT2D eigenvalue weighted by Crippen LogP contribution is 2.26. The van der Waals surface area contributed by atoms with E-state index in [0.29, 0.717) is 6.61 Å². The Morgan fingerprint density at radius 3 is 2.32 bits per heavy atom. The maximum absolute atomic E-state index is 5.86. The van der Waals surface area contributed by atoms with Gasteiger partial charge in [0, 0.05) is 12.1 Å². The fourth-order valence-electron chi connectivity index (χ4n) is 1.79. The van der Waals surface area contributed by atoms with E-state index in [1.807, 2.05) is 62.4 Å². The summed E-state index contributed by atoms with van der Waals surface area (Å²) in [5.74, 6) is 2.35. The van der Waals surface area contributed by atoms with E-state index in [2.05, 4.69) is 0 Å². The molecule has 19 heavy (non-hydrogen) atoms. The number of ether oxygens (including phenoxy) is 2. The summed E-state index contributed by atoms with van der Waals surface area (Å²) in [6.45, 7) is 4.55. The molecule has 2 aromatic rings. The summed E-state index contributed by atoms with van der Waals surface area (Å²) in [4.78, 5) is 0. The maximum Gasteiger partial charge on any atom is 0.131 e. The van der Waals surface area contributed by atoms with Crippen molar-refractivity contribution in [3.05, 3.63) is 54.1 Å². The molecule has 0 amide bonds. The minimum atomic E-state index is -0.00157. The van der Waals surface area contributed by atoms with Gasteiger partial charge in [-0.3, -0.25) is 0 Å². The molecule has 2 aromatic carbocycles. The molecule has 1 atom stereocenters. The van der Waals surface area contributed by atoms with Crippen LogP contribution in [-0.4, -0.2) is 6.61 Å². The number of hydrogen-bond donors (Lipinski definition) is 1. The summed E-state index contributed by atoms with van der Waals surface area (Å²) in [6.07, 6.45) is 0. The summed E-state index contributed by atoms with van der Waals surface area (Å²) in [7, 11) is 0. The van der Waals surface area contributed by atoms with Crippen molar-refractivity contribution in [1.29, 1.82) is 0 Å². The zero-order valence-corrected chi connectivity index (χ0v) is 11.3. The Kier molecular flexibility index (Phi) is 4.42. The van der Waals surface area contributed by atoms with Gasteiger partial charge in [0.1, 0.15) is 17.2 Å². The van der Waals surface area contributed by atoms with Crippen LogP contribution in [0.2, 0.25) is 0 Å². The predicted octanol–water partition coefficient (Wildman–Crippen LogP) is 3.90. The van der Waals surface area contributed by atoms with Crippen molar-refractivity contribution < 1.29 is 9.47 Å². The van der Waals surface area contributed by atoms with Crippen molar-refractivity contribution in [1.82, 2.24) is 0 Å². The summed E-state index contributed by atoms with van der Waals surface area (Å²) in [5, 5.41) is 0. The largest absolute Gasteiger partial charge is 0.494 e. The highest BCUT2D eigenvalue weighted by atomic mass is 16.5. The molecule has 0 aliphatic rings. The number of hydrogen-bond acceptors (Lipinski definition) is 3. The maximum atomic E-state index is 5.86. The van der Waals surface area contributed by atoms with Gasteiger partial charge in [-0.1, -0.05) is 18.2 Å². The quantitative estimate of drug-likeness (QED) is 0.883. The second-order valence-corrected chi connectivity index (χ2v) is 4.37. The van der Waals surface area contributed by atoms with Crippen LogP contribution in [-0.2, 0) is 0 Å². The minimum Gasteiger partial charge on any atom is -0.494 e. The first-order valence-electron chi connectivity index (χ1n) is 6.45. The van der Waals surface area contributed by atoms with E-state index in [-0.39, 0.29) is 6.04 Å². The zero-order chi connectivity index (χ0) is 13.7. The van der Waals surface area contributed by atoms with Crippen molar-refractivity contribution in [2.45, 2.75) is 19.9 Å². The summed E-state index contributed by atoms with van der Waals surface area (Å²) in [5.41, 5.74) is 6.92. The molecule has 0 fully saturated rings. The molecular weight excluding hydrogens is 238 g/mol. The van der Waals surface area contributed by atoms with E-state index in [0.717, 1.165) is 22.8 Å². The van der Waals surface area contributed by atoms with Crippen LogP contribution in [0.3, 0.4) is 0 Å². The van der Waals surface area contributed by atoms with Crippen LogP contribution in [0.4, 0.5) is 0 Å². The molecule has 0 bridgehead atoms. The molecule has 3 heteroatoms. The third-order valence-corrected chi connectivity index (χ3v) is 2.74. The average molecular weight is 257 g/mol. The molecule has 0 aliphatic carbocycles. The van der Waals surface area contributed by atoms with Crippen LogP contribution in [0.25, 0.3) is 0 Å². The lowest BCUT2D eigenvalue weighted by molar-refractivity contribution is 0.338. The third-order valence-electron chi connectivity index (χ3n) is 2.74. The van der Waals surface area contributed by atoms with Crippen LogP contribution in [0.5, 0.6) is 17.2 Å². The Labute approximate surface area is 114 Å². The second-order valence-electron chi connectivity index (χ2n) is 4.37. The Balaban J connectivity index is 2.16. The molecule has 0 aromatic heterocycles. The molecule has 100 valence electrons. The molecule has 0 saturated heterocycles. The third kappa shape index (κ3) is 3.73. The zero-order valence-electron chi connectivity index (χ0n) is 11.3. The van der Waals surface area contributed by atoms with Gasteiger partial charge in [-0.25, -0.2) is 0 Å². The van der Waals surface area contributed by atoms with Crippen molar-refractivity contribution >= 4 is 0 Å². The fraction of sp³-hybridized carbons (Fsp3) is 0.250. The first-order valence-corrected chi connectivity index (χ1v) is 6.45. The highest BCUT2D eigenvalue weighted by Gasteiger charge is 2.03. The van der Waals surface area contributed by atoms with E-state index in [9.17, 15) is 0 Å². The first-order chi connectivity index (χ1) is 9.19. The van der Waals surface area contributed by atoms with E-state index in [1.54, 1.807) is 0 Å². The average Bonchev–Trinajstić information content (AvgIpc) is 2.40. The highest BCUT2D eigenvalue weighted by molar-refractivity contribution is 5.38. The smallest absolute Gasteiger partial charge is 0.131 e. The molecule has 0 radical (unpaired) electrons. The summed E-state index contributed by atoms with van der Waals surface area (Å²) >= 11 is 0. The topological polar surface area (TPSA) is 44.5 Å². The number of rotatable bonds is 5. The predicted molar refractivity (Wildman–Crippen MR) is 76.7 cm³/mol. The monoisotopic (exact) mass is 257 g/mol. The molecular formula is C16H19NO2. The normalized spacial score (nSPS) is 11.9. The van der Waals surface area contributed by atoms with Crippen molar-refractivity contribution in [3.63, 3.8) is 0 Å². The Morgan fingerprint density at radius 2 is 1.63 bits per heavy atom. The van der Waals surface area contributed by atoms with Crippen LogP contribution >= 0.6 is 0 Å². The van der Waals surface area contributed by atoms with Crippen LogP contribution < -0.4 is 15.2 Å². The molecule has 3 nitrogen and oxygen atoms in total. The Hall–Kier alpha value is -2.00. The van der Waals surface area contributed by atoms with Gasteiger partial charge < -0.3 is 15.2 Å². The van der Waals surface area contributed by atoms with Crippen LogP contribution in [0.15, 0.2) is 48.5 Å². The molecule has 0 saturated carbocycles. The number of nitrogens with two attached hydrogens (primary N) is 1. The molecule has 0 aliphatic heterocycles. The van der Waals surface area contributed by atoms with Crippen molar-refractivity contribution in [2.24, 2.45) is 5.73 Å². The van der Waals surface area contributed by atoms with E-state index in [4.69, 9.17) is 15.2 Å². The van der Waals surface area contributed by atoms with E-state index >= 15 is 0 Å². The van der Waals surface area contributed by atoms with Crippen molar-refractivity contribution in [2.75, 3.05) is 6.61 Å². The standard InChI is InChI=1S/C16H19NO2/c1-3-18-14-7-5-9-16(11-14)19-15-8-4-6-13(10-15)12(2)17/h4-12H,3,17H2,1-2H3. The van der Waals surface area contributed by atoms with Gasteiger partial charge in [0.15, 0.2) is 0 Å². The second kappa shape index (κ2) is 6.25. The number of benzene rings is 2. The van der Waals surface area contributed by atoms with Gasteiger partial charge >= 0.3 is 0 Å². The lowest BCUT2D eigenvalue weighted by Crippen LogP contribution is -2.04. The molecule has 0 spiro atoms. The molecule has 1 unspecified atom stereocenters. The fourth-order valence-corrected chi connectivity index (χ4v) is 1.79. The van der Waals surface area contributed by atoms with Gasteiger partial charge in [-0.2, -0.15) is 0 Å². The van der Waals surface area contributed by atoms with Gasteiger partial charge in [0.05, 0.1) is 6.61 Å². The van der Waals surface area contributed by atoms with Crippen LogP contribution in [0.1, 0.15) is 25.5 Å². The molecule has 2 rings (SSSR count). The lowest BCUT2D eigenvalue weighted by Gasteiger charge is -2.10. The SMILES string of the molecule is CCOc1cccc(Oc2cccc(C(C)N)c2)c1. The Bertz CT molecular complexity index is 538. The van der Waals surface area contributed by atoms with E-state index < -0.39 is 0 Å². The molecule has 2 N–H and O–H groups in total.